The molecule has 0 saturated carbocycles. The van der Waals surface area contributed by atoms with Crippen molar-refractivity contribution < 1.29 is 4.74 Å². The van der Waals surface area contributed by atoms with E-state index in [1.54, 1.807) is 0 Å². The lowest BCUT2D eigenvalue weighted by Crippen LogP contribution is -2.22. The molecule has 0 aliphatic heterocycles. The fourth-order valence-corrected chi connectivity index (χ4v) is 1.97. The predicted molar refractivity (Wildman–Crippen MR) is 70.4 cm³/mol. The second-order valence-electron chi connectivity index (χ2n) is 4.20. The standard InChI is InChI=1S/C14H16ClNO/c1-11-9-13(16-15)7-8-14(11)17-10-12-5-3-2-4-6-12/h2-9,11,14,16H,10H2,1H3. The monoisotopic (exact) mass is 249 g/mol. The molecule has 1 aliphatic rings. The molecule has 0 aromatic heterocycles. The number of allylic oxidation sites excluding steroid dienone is 1. The molecule has 17 heavy (non-hydrogen) atoms. The van der Waals surface area contributed by atoms with Gasteiger partial charge in [-0.15, -0.1) is 0 Å². The molecule has 90 valence electrons. The zero-order valence-corrected chi connectivity index (χ0v) is 10.5. The summed E-state index contributed by atoms with van der Waals surface area (Å²) in [6.07, 6.45) is 6.17. The Hall–Kier alpha value is -1.25. The fourth-order valence-electron chi connectivity index (χ4n) is 1.84. The first-order chi connectivity index (χ1) is 8.29. The minimum Gasteiger partial charge on any atom is -0.369 e. The summed E-state index contributed by atoms with van der Waals surface area (Å²) in [5, 5.41) is 0. The second-order valence-corrected chi connectivity index (χ2v) is 4.38. The zero-order chi connectivity index (χ0) is 12.1. The van der Waals surface area contributed by atoms with Gasteiger partial charge in [0.2, 0.25) is 0 Å². The van der Waals surface area contributed by atoms with E-state index in [1.165, 1.54) is 5.56 Å². The highest BCUT2D eigenvalue weighted by molar-refractivity contribution is 6.14. The van der Waals surface area contributed by atoms with Gasteiger partial charge in [-0.3, -0.25) is 4.84 Å². The highest BCUT2D eigenvalue weighted by Gasteiger charge is 2.17. The molecule has 0 bridgehead atoms. The molecule has 0 saturated heterocycles. The average Bonchev–Trinajstić information content (AvgIpc) is 2.38. The molecule has 0 spiro atoms. The number of rotatable bonds is 4. The Labute approximate surface area is 107 Å². The first-order valence-electron chi connectivity index (χ1n) is 5.72. The molecule has 1 N–H and O–H groups in total. The van der Waals surface area contributed by atoms with Gasteiger partial charge in [0, 0.05) is 23.4 Å². The first kappa shape index (κ1) is 12.2. The van der Waals surface area contributed by atoms with Gasteiger partial charge in [0.15, 0.2) is 0 Å². The third kappa shape index (κ3) is 3.35. The summed E-state index contributed by atoms with van der Waals surface area (Å²) < 4.78 is 5.87. The minimum absolute atomic E-state index is 0.115. The largest absolute Gasteiger partial charge is 0.369 e. The normalized spacial score (nSPS) is 23.3. The predicted octanol–water partition coefficient (Wildman–Crippen LogP) is 3.41. The van der Waals surface area contributed by atoms with Gasteiger partial charge in [0.1, 0.15) is 0 Å². The Kier molecular flexibility index (Phi) is 4.24. The van der Waals surface area contributed by atoms with Gasteiger partial charge in [-0.2, -0.15) is 0 Å². The van der Waals surface area contributed by atoms with E-state index in [1.807, 2.05) is 30.4 Å². The molecule has 1 aromatic rings. The lowest BCUT2D eigenvalue weighted by Gasteiger charge is -2.23. The van der Waals surface area contributed by atoms with Crippen LogP contribution in [0.15, 0.2) is 54.3 Å². The third-order valence-corrected chi connectivity index (χ3v) is 3.04. The Bertz CT molecular complexity index is 413. The highest BCUT2D eigenvalue weighted by Crippen LogP contribution is 2.19. The van der Waals surface area contributed by atoms with Crippen LogP contribution >= 0.6 is 11.8 Å². The Morgan fingerprint density at radius 1 is 1.29 bits per heavy atom. The molecular formula is C14H16ClNO. The van der Waals surface area contributed by atoms with Crippen molar-refractivity contribution in [1.82, 2.24) is 4.84 Å². The quantitative estimate of drug-likeness (QED) is 0.826. The molecule has 1 aromatic carbocycles. The molecule has 2 atom stereocenters. The van der Waals surface area contributed by atoms with Crippen LogP contribution < -0.4 is 4.84 Å². The Morgan fingerprint density at radius 3 is 2.71 bits per heavy atom. The van der Waals surface area contributed by atoms with Gasteiger partial charge in [-0.05, 0) is 11.6 Å². The first-order valence-corrected chi connectivity index (χ1v) is 6.09. The lowest BCUT2D eigenvalue weighted by atomic mass is 9.98. The van der Waals surface area contributed by atoms with E-state index in [2.05, 4.69) is 30.0 Å². The molecular weight excluding hydrogens is 234 g/mol. The highest BCUT2D eigenvalue weighted by atomic mass is 35.5. The van der Waals surface area contributed by atoms with E-state index in [0.29, 0.717) is 12.5 Å². The number of hydrogen-bond donors (Lipinski definition) is 1. The Balaban J connectivity index is 1.89. The summed E-state index contributed by atoms with van der Waals surface area (Å²) in [5.41, 5.74) is 2.12. The molecule has 0 heterocycles. The number of nitrogens with one attached hydrogen (secondary N) is 1. The maximum absolute atomic E-state index is 5.87. The summed E-state index contributed by atoms with van der Waals surface area (Å²) in [4.78, 5) is 2.62. The van der Waals surface area contributed by atoms with Gasteiger partial charge in [0.05, 0.1) is 12.7 Å². The van der Waals surface area contributed by atoms with Crippen molar-refractivity contribution in [3.05, 3.63) is 59.8 Å². The van der Waals surface area contributed by atoms with Crippen LogP contribution in [0.4, 0.5) is 0 Å². The van der Waals surface area contributed by atoms with Crippen LogP contribution in [0, 0.1) is 5.92 Å². The SMILES string of the molecule is CC1C=C(NCl)C=CC1OCc1ccccc1. The summed E-state index contributed by atoms with van der Waals surface area (Å²) in [6, 6.07) is 10.2. The Morgan fingerprint density at radius 2 is 2.06 bits per heavy atom. The smallest absolute Gasteiger partial charge is 0.0824 e. The topological polar surface area (TPSA) is 21.3 Å². The van der Waals surface area contributed by atoms with Crippen LogP contribution in [-0.4, -0.2) is 6.10 Å². The molecule has 2 rings (SSSR count). The third-order valence-electron chi connectivity index (χ3n) is 2.82. The molecule has 0 radical (unpaired) electrons. The van der Waals surface area contributed by atoms with Gasteiger partial charge in [0.25, 0.3) is 0 Å². The molecule has 2 unspecified atom stereocenters. The van der Waals surface area contributed by atoms with E-state index >= 15 is 0 Å². The van der Waals surface area contributed by atoms with Crippen molar-refractivity contribution in [3.63, 3.8) is 0 Å². The summed E-state index contributed by atoms with van der Waals surface area (Å²) in [5.74, 6) is 0.324. The maximum Gasteiger partial charge on any atom is 0.0824 e. The minimum atomic E-state index is 0.115. The van der Waals surface area contributed by atoms with Crippen LogP contribution in [0.3, 0.4) is 0 Å². The summed E-state index contributed by atoms with van der Waals surface area (Å²) in [6.45, 7) is 2.76. The van der Waals surface area contributed by atoms with Crippen LogP contribution in [-0.2, 0) is 11.3 Å². The van der Waals surface area contributed by atoms with Crippen LogP contribution in [0.25, 0.3) is 0 Å². The van der Waals surface area contributed by atoms with Crippen LogP contribution in [0.1, 0.15) is 12.5 Å². The number of hydrogen-bond acceptors (Lipinski definition) is 2. The summed E-state index contributed by atoms with van der Waals surface area (Å²) in [7, 11) is 0. The van der Waals surface area contributed by atoms with Crippen molar-refractivity contribution >= 4 is 11.8 Å². The fraction of sp³-hybridized carbons (Fsp3) is 0.286. The van der Waals surface area contributed by atoms with Crippen molar-refractivity contribution in [3.8, 4) is 0 Å². The molecule has 2 nitrogen and oxygen atoms in total. The number of benzene rings is 1. The van der Waals surface area contributed by atoms with E-state index in [0.717, 1.165) is 5.70 Å². The number of halogens is 1. The van der Waals surface area contributed by atoms with Crippen molar-refractivity contribution in [2.24, 2.45) is 5.92 Å². The van der Waals surface area contributed by atoms with E-state index in [9.17, 15) is 0 Å². The van der Waals surface area contributed by atoms with Crippen LogP contribution in [0.5, 0.6) is 0 Å². The lowest BCUT2D eigenvalue weighted by molar-refractivity contribution is 0.0488. The molecule has 3 heteroatoms. The zero-order valence-electron chi connectivity index (χ0n) is 9.77. The second kappa shape index (κ2) is 5.89. The van der Waals surface area contributed by atoms with Crippen molar-refractivity contribution in [2.75, 3.05) is 0 Å². The van der Waals surface area contributed by atoms with Crippen LogP contribution in [0.2, 0.25) is 0 Å². The molecule has 0 fully saturated rings. The van der Waals surface area contributed by atoms with Crippen molar-refractivity contribution in [2.45, 2.75) is 19.6 Å². The molecule has 1 aliphatic carbocycles. The van der Waals surface area contributed by atoms with E-state index in [-0.39, 0.29) is 6.10 Å². The van der Waals surface area contributed by atoms with Gasteiger partial charge >= 0.3 is 0 Å². The van der Waals surface area contributed by atoms with Gasteiger partial charge in [-0.1, -0.05) is 49.4 Å². The number of ether oxygens (including phenoxy) is 1. The van der Waals surface area contributed by atoms with Gasteiger partial charge in [-0.25, -0.2) is 0 Å². The molecule has 0 amide bonds. The average molecular weight is 250 g/mol. The van der Waals surface area contributed by atoms with Gasteiger partial charge < -0.3 is 4.74 Å². The van der Waals surface area contributed by atoms with E-state index in [4.69, 9.17) is 16.5 Å². The van der Waals surface area contributed by atoms with E-state index < -0.39 is 0 Å². The maximum atomic E-state index is 5.87. The summed E-state index contributed by atoms with van der Waals surface area (Å²) >= 11 is 5.56. The van der Waals surface area contributed by atoms with Crippen molar-refractivity contribution in [1.29, 1.82) is 0 Å².